The monoisotopic (exact) mass is 326 g/mol. The van der Waals surface area contributed by atoms with Gasteiger partial charge >= 0.3 is 6.09 Å². The number of unbranched alkanes of at least 4 members (excludes halogenated alkanes) is 1. The SMILES string of the molecule is CCCCC(CC)NC(C)C1CCCN(C(=O)OC(C)(C)C)C1. The fourth-order valence-corrected chi connectivity index (χ4v) is 3.27. The van der Waals surface area contributed by atoms with Crippen LogP contribution in [0.3, 0.4) is 0 Å². The average Bonchev–Trinajstić information content (AvgIpc) is 2.49. The van der Waals surface area contributed by atoms with Crippen LogP contribution in [0.25, 0.3) is 0 Å². The molecule has 1 amide bonds. The van der Waals surface area contributed by atoms with Crippen LogP contribution in [-0.2, 0) is 4.74 Å². The van der Waals surface area contributed by atoms with Crippen molar-refractivity contribution in [2.24, 2.45) is 5.92 Å². The van der Waals surface area contributed by atoms with Gasteiger partial charge in [0.15, 0.2) is 0 Å². The van der Waals surface area contributed by atoms with Gasteiger partial charge in [-0.15, -0.1) is 0 Å². The van der Waals surface area contributed by atoms with E-state index in [9.17, 15) is 4.79 Å². The summed E-state index contributed by atoms with van der Waals surface area (Å²) in [7, 11) is 0. The number of rotatable bonds is 7. The van der Waals surface area contributed by atoms with Gasteiger partial charge in [-0.25, -0.2) is 4.79 Å². The third-order valence-corrected chi connectivity index (χ3v) is 4.71. The van der Waals surface area contributed by atoms with Crippen LogP contribution < -0.4 is 5.32 Å². The van der Waals surface area contributed by atoms with Crippen molar-refractivity contribution in [1.82, 2.24) is 10.2 Å². The zero-order valence-corrected chi connectivity index (χ0v) is 16.2. The maximum absolute atomic E-state index is 12.3. The maximum Gasteiger partial charge on any atom is 0.410 e. The normalized spacial score (nSPS) is 21.8. The molecule has 1 fully saturated rings. The number of nitrogens with one attached hydrogen (secondary N) is 1. The van der Waals surface area contributed by atoms with Crippen LogP contribution in [0.5, 0.6) is 0 Å². The summed E-state index contributed by atoms with van der Waals surface area (Å²) < 4.78 is 5.53. The highest BCUT2D eigenvalue weighted by Gasteiger charge is 2.30. The number of amides is 1. The summed E-state index contributed by atoms with van der Waals surface area (Å²) in [5.41, 5.74) is -0.415. The number of carbonyl (C=O) groups is 1. The van der Waals surface area contributed by atoms with E-state index >= 15 is 0 Å². The summed E-state index contributed by atoms with van der Waals surface area (Å²) in [5, 5.41) is 3.80. The number of hydrogen-bond acceptors (Lipinski definition) is 3. The lowest BCUT2D eigenvalue weighted by atomic mass is 9.90. The van der Waals surface area contributed by atoms with E-state index in [0.717, 1.165) is 19.5 Å². The van der Waals surface area contributed by atoms with Gasteiger partial charge in [0.2, 0.25) is 0 Å². The van der Waals surface area contributed by atoms with E-state index < -0.39 is 5.60 Å². The van der Waals surface area contributed by atoms with Gasteiger partial charge in [0.05, 0.1) is 0 Å². The van der Waals surface area contributed by atoms with Crippen LogP contribution in [0, 0.1) is 5.92 Å². The number of ether oxygens (including phenoxy) is 1. The Hall–Kier alpha value is -0.770. The van der Waals surface area contributed by atoms with E-state index in [-0.39, 0.29) is 6.09 Å². The highest BCUT2D eigenvalue weighted by Crippen LogP contribution is 2.22. The van der Waals surface area contributed by atoms with Crippen LogP contribution in [0.2, 0.25) is 0 Å². The molecule has 4 heteroatoms. The van der Waals surface area contributed by atoms with Crippen LogP contribution in [0.4, 0.5) is 4.79 Å². The van der Waals surface area contributed by atoms with Gasteiger partial charge < -0.3 is 15.0 Å². The number of piperidine rings is 1. The molecule has 0 aromatic carbocycles. The molecule has 23 heavy (non-hydrogen) atoms. The van der Waals surface area contributed by atoms with Gasteiger partial charge in [0.1, 0.15) is 5.60 Å². The minimum atomic E-state index is -0.415. The van der Waals surface area contributed by atoms with E-state index in [2.05, 4.69) is 26.1 Å². The van der Waals surface area contributed by atoms with Gasteiger partial charge in [-0.1, -0.05) is 26.7 Å². The molecular formula is C19H38N2O2. The molecule has 1 aliphatic heterocycles. The van der Waals surface area contributed by atoms with Gasteiger partial charge in [-0.2, -0.15) is 0 Å². The largest absolute Gasteiger partial charge is 0.444 e. The van der Waals surface area contributed by atoms with E-state index in [4.69, 9.17) is 4.74 Å². The van der Waals surface area contributed by atoms with Crippen molar-refractivity contribution < 1.29 is 9.53 Å². The Kier molecular flexibility index (Phi) is 8.38. The smallest absolute Gasteiger partial charge is 0.410 e. The second-order valence-corrected chi connectivity index (χ2v) is 8.03. The van der Waals surface area contributed by atoms with E-state index in [1.165, 1.54) is 32.1 Å². The Morgan fingerprint density at radius 1 is 1.35 bits per heavy atom. The molecule has 4 nitrogen and oxygen atoms in total. The van der Waals surface area contributed by atoms with E-state index in [0.29, 0.717) is 18.0 Å². The third-order valence-electron chi connectivity index (χ3n) is 4.71. The van der Waals surface area contributed by atoms with Crippen LogP contribution >= 0.6 is 0 Å². The first-order valence-corrected chi connectivity index (χ1v) is 9.50. The van der Waals surface area contributed by atoms with Crippen molar-refractivity contribution in [2.45, 2.75) is 97.8 Å². The van der Waals surface area contributed by atoms with Crippen molar-refractivity contribution in [3.05, 3.63) is 0 Å². The molecule has 0 saturated carbocycles. The molecule has 0 aromatic rings. The number of hydrogen-bond donors (Lipinski definition) is 1. The first kappa shape index (κ1) is 20.3. The maximum atomic E-state index is 12.3. The lowest BCUT2D eigenvalue weighted by molar-refractivity contribution is 0.0145. The molecule has 0 aliphatic carbocycles. The Bertz CT molecular complexity index is 352. The summed E-state index contributed by atoms with van der Waals surface area (Å²) >= 11 is 0. The van der Waals surface area contributed by atoms with Crippen molar-refractivity contribution in [1.29, 1.82) is 0 Å². The Labute approximate surface area is 143 Å². The second kappa shape index (κ2) is 9.51. The number of likely N-dealkylation sites (tertiary alicyclic amines) is 1. The topological polar surface area (TPSA) is 41.6 Å². The molecule has 1 heterocycles. The van der Waals surface area contributed by atoms with Crippen molar-refractivity contribution in [3.8, 4) is 0 Å². The van der Waals surface area contributed by atoms with Crippen molar-refractivity contribution >= 4 is 6.09 Å². The molecule has 3 atom stereocenters. The van der Waals surface area contributed by atoms with Gasteiger partial charge in [0, 0.05) is 25.2 Å². The highest BCUT2D eigenvalue weighted by molar-refractivity contribution is 5.68. The highest BCUT2D eigenvalue weighted by atomic mass is 16.6. The second-order valence-electron chi connectivity index (χ2n) is 8.03. The standard InChI is InChI=1S/C19H38N2O2/c1-7-9-12-17(8-2)20-15(3)16-11-10-13-21(14-16)18(22)23-19(4,5)6/h15-17,20H,7-14H2,1-6H3. The molecule has 0 spiro atoms. The lowest BCUT2D eigenvalue weighted by Crippen LogP contribution is -2.49. The molecule has 1 N–H and O–H groups in total. The van der Waals surface area contributed by atoms with Crippen LogP contribution in [0.15, 0.2) is 0 Å². The summed E-state index contributed by atoms with van der Waals surface area (Å²) in [6.45, 7) is 14.2. The minimum Gasteiger partial charge on any atom is -0.444 e. The molecule has 1 saturated heterocycles. The van der Waals surface area contributed by atoms with E-state index in [1.807, 2.05) is 25.7 Å². The molecule has 0 aromatic heterocycles. The van der Waals surface area contributed by atoms with Crippen LogP contribution in [0.1, 0.15) is 80.1 Å². The molecule has 1 rings (SSSR count). The van der Waals surface area contributed by atoms with Crippen molar-refractivity contribution in [3.63, 3.8) is 0 Å². The Balaban J connectivity index is 2.51. The quantitative estimate of drug-likeness (QED) is 0.744. The predicted octanol–water partition coefficient (Wildman–Crippen LogP) is 4.58. The number of carbonyl (C=O) groups excluding carboxylic acids is 1. The average molecular weight is 327 g/mol. The molecule has 136 valence electrons. The van der Waals surface area contributed by atoms with Gasteiger partial charge in [0.25, 0.3) is 0 Å². The minimum absolute atomic E-state index is 0.160. The van der Waals surface area contributed by atoms with Gasteiger partial charge in [-0.3, -0.25) is 0 Å². The molecule has 0 bridgehead atoms. The molecule has 3 unspecified atom stereocenters. The fourth-order valence-electron chi connectivity index (χ4n) is 3.27. The lowest BCUT2D eigenvalue weighted by Gasteiger charge is -2.38. The third kappa shape index (κ3) is 7.56. The summed E-state index contributed by atoms with van der Waals surface area (Å²) in [5.74, 6) is 0.520. The summed E-state index contributed by atoms with van der Waals surface area (Å²) in [4.78, 5) is 14.2. The van der Waals surface area contributed by atoms with Crippen molar-refractivity contribution in [2.75, 3.05) is 13.1 Å². The van der Waals surface area contributed by atoms with Crippen LogP contribution in [-0.4, -0.2) is 41.8 Å². The summed E-state index contributed by atoms with van der Waals surface area (Å²) in [6.07, 6.45) is 7.06. The predicted molar refractivity (Wildman–Crippen MR) is 96.7 cm³/mol. The molecule has 0 radical (unpaired) electrons. The van der Waals surface area contributed by atoms with E-state index in [1.54, 1.807) is 0 Å². The number of nitrogens with zero attached hydrogens (tertiary/aromatic N) is 1. The Morgan fingerprint density at radius 2 is 2.04 bits per heavy atom. The zero-order chi connectivity index (χ0) is 17.5. The fraction of sp³-hybridized carbons (Fsp3) is 0.947. The molecule has 1 aliphatic rings. The first-order valence-electron chi connectivity index (χ1n) is 9.50. The zero-order valence-electron chi connectivity index (χ0n) is 16.2. The first-order chi connectivity index (χ1) is 10.8. The Morgan fingerprint density at radius 3 is 2.61 bits per heavy atom. The summed E-state index contributed by atoms with van der Waals surface area (Å²) in [6, 6.07) is 1.05. The molecular weight excluding hydrogens is 288 g/mol. The van der Waals surface area contributed by atoms with Gasteiger partial charge in [-0.05, 0) is 59.3 Å².